The summed E-state index contributed by atoms with van der Waals surface area (Å²) in [5, 5.41) is 3.88. The van der Waals surface area contributed by atoms with Gasteiger partial charge in [0, 0.05) is 37.6 Å². The molecule has 0 saturated carbocycles. The van der Waals surface area contributed by atoms with E-state index in [1.165, 1.54) is 32.9 Å². The molecule has 1 aliphatic heterocycles. The number of allylic oxidation sites excluding steroid dienone is 2. The van der Waals surface area contributed by atoms with Crippen molar-refractivity contribution in [1.82, 2.24) is 9.88 Å². The van der Waals surface area contributed by atoms with E-state index in [2.05, 4.69) is 35.3 Å². The summed E-state index contributed by atoms with van der Waals surface area (Å²) in [4.78, 5) is 18.6. The van der Waals surface area contributed by atoms with Crippen LogP contribution in [0.15, 0.2) is 42.0 Å². The molecular weight excluding hydrogens is 310 g/mol. The van der Waals surface area contributed by atoms with Gasteiger partial charge in [0.2, 0.25) is 5.91 Å². The smallest absolute Gasteiger partial charge is 0.221 e. The first kappa shape index (κ1) is 16.3. The molecule has 1 amide bonds. The van der Waals surface area contributed by atoms with Crippen LogP contribution in [0.5, 0.6) is 0 Å². The lowest BCUT2D eigenvalue weighted by molar-refractivity contribution is -0.114. The number of fused-ring (bicyclic) bond motifs is 2. The molecule has 4 rings (SSSR count). The Kier molecular flexibility index (Phi) is 4.30. The van der Waals surface area contributed by atoms with Crippen molar-refractivity contribution in [2.24, 2.45) is 11.8 Å². The van der Waals surface area contributed by atoms with Gasteiger partial charge in [0.25, 0.3) is 0 Å². The number of carbonyl (C=O) groups is 1. The number of aromatic nitrogens is 1. The first-order valence-corrected chi connectivity index (χ1v) is 9.12. The van der Waals surface area contributed by atoms with Crippen LogP contribution in [0.4, 0.5) is 5.69 Å². The maximum Gasteiger partial charge on any atom is 0.221 e. The fraction of sp³-hybridized carbons (Fsp3) is 0.429. The van der Waals surface area contributed by atoms with E-state index in [1.54, 1.807) is 5.57 Å². The Morgan fingerprint density at radius 2 is 2.08 bits per heavy atom. The lowest BCUT2D eigenvalue weighted by atomic mass is 9.83. The molecule has 0 bridgehead atoms. The van der Waals surface area contributed by atoms with Crippen LogP contribution in [0.1, 0.15) is 32.4 Å². The highest BCUT2D eigenvalue weighted by Gasteiger charge is 2.33. The van der Waals surface area contributed by atoms with Crippen molar-refractivity contribution in [2.75, 3.05) is 18.4 Å². The number of nitrogens with one attached hydrogen (secondary N) is 1. The fourth-order valence-electron chi connectivity index (χ4n) is 4.28. The van der Waals surface area contributed by atoms with Gasteiger partial charge in [-0.25, -0.2) is 0 Å². The molecule has 2 atom stereocenters. The second-order valence-electron chi connectivity index (χ2n) is 7.60. The van der Waals surface area contributed by atoms with E-state index in [-0.39, 0.29) is 5.91 Å². The molecule has 2 heterocycles. The van der Waals surface area contributed by atoms with E-state index < -0.39 is 0 Å². The van der Waals surface area contributed by atoms with Crippen molar-refractivity contribution in [3.63, 3.8) is 0 Å². The number of anilines is 1. The number of benzene rings is 1. The van der Waals surface area contributed by atoms with Crippen LogP contribution in [0.2, 0.25) is 0 Å². The minimum Gasteiger partial charge on any atom is -0.326 e. The first-order chi connectivity index (χ1) is 12.1. The predicted molar refractivity (Wildman–Crippen MR) is 101 cm³/mol. The number of likely N-dealkylation sites (tertiary alicyclic amines) is 1. The van der Waals surface area contributed by atoms with Gasteiger partial charge in [-0.15, -0.1) is 0 Å². The topological polar surface area (TPSA) is 45.2 Å². The van der Waals surface area contributed by atoms with Gasteiger partial charge < -0.3 is 5.32 Å². The molecule has 4 nitrogen and oxygen atoms in total. The molecule has 25 heavy (non-hydrogen) atoms. The summed E-state index contributed by atoms with van der Waals surface area (Å²) in [5.41, 5.74) is 4.49. The van der Waals surface area contributed by atoms with Gasteiger partial charge in [0.1, 0.15) is 0 Å². The normalized spacial score (nSPS) is 23.4. The molecule has 130 valence electrons. The van der Waals surface area contributed by atoms with Crippen molar-refractivity contribution in [2.45, 2.75) is 33.2 Å². The predicted octanol–water partition coefficient (Wildman–Crippen LogP) is 3.98. The molecule has 1 fully saturated rings. The summed E-state index contributed by atoms with van der Waals surface area (Å²) in [6, 6.07) is 10.1. The van der Waals surface area contributed by atoms with Gasteiger partial charge in [0.05, 0.1) is 11.2 Å². The van der Waals surface area contributed by atoms with E-state index >= 15 is 0 Å². The molecule has 1 N–H and O–H groups in total. The average Bonchev–Trinajstić information content (AvgIpc) is 2.95. The lowest BCUT2D eigenvalue weighted by Gasteiger charge is -2.22. The molecule has 2 aliphatic rings. The van der Waals surface area contributed by atoms with Crippen molar-refractivity contribution < 1.29 is 4.79 Å². The van der Waals surface area contributed by atoms with Gasteiger partial charge in [-0.1, -0.05) is 17.7 Å². The quantitative estimate of drug-likeness (QED) is 0.863. The van der Waals surface area contributed by atoms with Crippen LogP contribution < -0.4 is 5.32 Å². The molecule has 0 spiro atoms. The van der Waals surface area contributed by atoms with Crippen LogP contribution in [-0.4, -0.2) is 28.9 Å². The number of carbonyl (C=O) groups excluding carboxylic acids is 1. The Hall–Kier alpha value is -2.20. The Labute approximate surface area is 148 Å². The third kappa shape index (κ3) is 3.59. The van der Waals surface area contributed by atoms with Crippen molar-refractivity contribution >= 4 is 22.5 Å². The van der Waals surface area contributed by atoms with E-state index in [1.807, 2.05) is 18.2 Å². The third-order valence-corrected chi connectivity index (χ3v) is 5.46. The highest BCUT2D eigenvalue weighted by Crippen LogP contribution is 2.36. The number of pyridine rings is 1. The van der Waals surface area contributed by atoms with Gasteiger partial charge in [-0.05, 0) is 55.9 Å². The minimum atomic E-state index is -0.0517. The molecule has 1 aliphatic carbocycles. The van der Waals surface area contributed by atoms with E-state index in [4.69, 9.17) is 4.98 Å². The highest BCUT2D eigenvalue weighted by molar-refractivity contribution is 5.92. The number of hydrogen-bond donors (Lipinski definition) is 1. The molecule has 2 aromatic rings. The van der Waals surface area contributed by atoms with Gasteiger partial charge in [-0.2, -0.15) is 0 Å². The zero-order chi connectivity index (χ0) is 17.4. The SMILES string of the molecule is CC(=O)Nc1ccc2nc(CN3C[C@H]4CC=C(C)C[C@H]4C3)ccc2c1. The Morgan fingerprint density at radius 3 is 2.92 bits per heavy atom. The highest BCUT2D eigenvalue weighted by atomic mass is 16.1. The van der Waals surface area contributed by atoms with Crippen LogP contribution >= 0.6 is 0 Å². The number of nitrogens with zero attached hydrogens (tertiary/aromatic N) is 2. The van der Waals surface area contributed by atoms with Gasteiger partial charge in [0.15, 0.2) is 0 Å². The second-order valence-corrected chi connectivity index (χ2v) is 7.60. The van der Waals surface area contributed by atoms with Crippen LogP contribution in [-0.2, 0) is 11.3 Å². The Morgan fingerprint density at radius 1 is 1.24 bits per heavy atom. The van der Waals surface area contributed by atoms with E-state index in [0.717, 1.165) is 40.7 Å². The summed E-state index contributed by atoms with van der Waals surface area (Å²) in [7, 11) is 0. The maximum absolute atomic E-state index is 11.2. The molecule has 0 radical (unpaired) electrons. The third-order valence-electron chi connectivity index (χ3n) is 5.46. The van der Waals surface area contributed by atoms with Crippen molar-refractivity contribution in [3.05, 3.63) is 47.7 Å². The summed E-state index contributed by atoms with van der Waals surface area (Å²) in [6.07, 6.45) is 4.92. The average molecular weight is 335 g/mol. The second kappa shape index (κ2) is 6.60. The van der Waals surface area contributed by atoms with Gasteiger partial charge >= 0.3 is 0 Å². The standard InChI is InChI=1S/C21H25N3O/c1-14-3-4-17-11-24(12-18(17)9-14)13-20-6-5-16-10-19(22-15(2)25)7-8-21(16)23-20/h3,5-8,10,17-18H,4,9,11-13H2,1-2H3,(H,22,25)/t17-,18+/m1/s1. The summed E-state index contributed by atoms with van der Waals surface area (Å²) >= 11 is 0. The Bertz CT molecular complexity index is 842. The van der Waals surface area contributed by atoms with Crippen LogP contribution in [0.25, 0.3) is 10.9 Å². The van der Waals surface area contributed by atoms with Crippen molar-refractivity contribution in [1.29, 1.82) is 0 Å². The first-order valence-electron chi connectivity index (χ1n) is 9.12. The zero-order valence-corrected chi connectivity index (χ0v) is 15.0. The lowest BCUT2D eigenvalue weighted by Crippen LogP contribution is -2.21. The maximum atomic E-state index is 11.2. The fourth-order valence-corrected chi connectivity index (χ4v) is 4.28. The van der Waals surface area contributed by atoms with Crippen molar-refractivity contribution in [3.8, 4) is 0 Å². The molecule has 4 heteroatoms. The zero-order valence-electron chi connectivity index (χ0n) is 15.0. The summed E-state index contributed by atoms with van der Waals surface area (Å²) in [5.74, 6) is 1.60. The number of amides is 1. The van der Waals surface area contributed by atoms with Crippen LogP contribution in [0.3, 0.4) is 0 Å². The molecule has 1 aromatic heterocycles. The number of hydrogen-bond acceptors (Lipinski definition) is 3. The monoisotopic (exact) mass is 335 g/mol. The molecular formula is C21H25N3O. The summed E-state index contributed by atoms with van der Waals surface area (Å²) in [6.45, 7) is 7.09. The summed E-state index contributed by atoms with van der Waals surface area (Å²) < 4.78 is 0. The molecule has 0 unspecified atom stereocenters. The largest absolute Gasteiger partial charge is 0.326 e. The van der Waals surface area contributed by atoms with E-state index in [9.17, 15) is 4.79 Å². The van der Waals surface area contributed by atoms with Gasteiger partial charge in [-0.3, -0.25) is 14.7 Å². The molecule has 1 aromatic carbocycles. The number of rotatable bonds is 3. The molecule has 1 saturated heterocycles. The minimum absolute atomic E-state index is 0.0517. The van der Waals surface area contributed by atoms with Crippen LogP contribution in [0, 0.1) is 11.8 Å². The Balaban J connectivity index is 1.46. The van der Waals surface area contributed by atoms with E-state index in [0.29, 0.717) is 0 Å².